The largest absolute Gasteiger partial charge is 0.483 e. The summed E-state index contributed by atoms with van der Waals surface area (Å²) in [4.78, 5) is 29.0. The molecule has 0 saturated carbocycles. The Morgan fingerprint density at radius 1 is 0.973 bits per heavy atom. The lowest BCUT2D eigenvalue weighted by atomic mass is 10.0. The number of carbonyl (C=O) groups excluding carboxylic acids is 2. The van der Waals surface area contributed by atoms with E-state index in [1.54, 1.807) is 4.90 Å². The highest BCUT2D eigenvalue weighted by atomic mass is 79.9. The van der Waals surface area contributed by atoms with E-state index in [9.17, 15) is 9.59 Å². The second-order valence-corrected chi connectivity index (χ2v) is 10.6. The number of hydrogen-bond acceptors (Lipinski definition) is 3. The Hall–Kier alpha value is -3.12. The van der Waals surface area contributed by atoms with Gasteiger partial charge in [-0.1, -0.05) is 71.4 Å². The van der Waals surface area contributed by atoms with Crippen molar-refractivity contribution < 1.29 is 14.3 Å². The van der Waals surface area contributed by atoms with Crippen LogP contribution in [0.2, 0.25) is 0 Å². The number of nitrogens with one attached hydrogen (secondary N) is 1. The molecule has 5 nitrogen and oxygen atoms in total. The number of ether oxygens (including phenoxy) is 1. The van der Waals surface area contributed by atoms with Crippen LogP contribution < -0.4 is 10.1 Å². The first-order valence-electron chi connectivity index (χ1n) is 12.8. The van der Waals surface area contributed by atoms with Crippen LogP contribution in [-0.2, 0) is 22.6 Å². The molecule has 0 unspecified atom stereocenters. The first-order chi connectivity index (χ1) is 17.7. The number of carbonyl (C=O) groups is 2. The normalized spacial score (nSPS) is 12.5. The minimum absolute atomic E-state index is 0.00256. The standard InChI is InChI=1S/C31H37BrN2O3/c1-6-23(4)33-31(36)28(18-25-11-8-7-9-12-25)34(19-26-13-10-14-27(32)17-26)30(35)20-37-29-16-21(2)15-22(3)24(29)5/h7-17,23,28H,6,18-20H2,1-5H3,(H,33,36)/t23-,28+/m0/s1. The summed E-state index contributed by atoms with van der Waals surface area (Å²) in [5.74, 6) is 0.291. The predicted molar refractivity (Wildman–Crippen MR) is 153 cm³/mol. The third-order valence-corrected chi connectivity index (χ3v) is 7.12. The number of hydrogen-bond donors (Lipinski definition) is 1. The van der Waals surface area contributed by atoms with Crippen molar-refractivity contribution in [2.45, 2.75) is 66.1 Å². The summed E-state index contributed by atoms with van der Waals surface area (Å²) < 4.78 is 6.97. The van der Waals surface area contributed by atoms with Crippen LogP contribution in [-0.4, -0.2) is 35.4 Å². The molecule has 0 aliphatic rings. The Bertz CT molecular complexity index is 1210. The predicted octanol–water partition coefficient (Wildman–Crippen LogP) is 6.31. The summed E-state index contributed by atoms with van der Waals surface area (Å²) in [6, 6.07) is 21.0. The molecule has 0 heterocycles. The zero-order valence-corrected chi connectivity index (χ0v) is 24.0. The summed E-state index contributed by atoms with van der Waals surface area (Å²) in [5.41, 5.74) is 5.12. The van der Waals surface area contributed by atoms with Crippen LogP contribution in [0.15, 0.2) is 71.2 Å². The van der Waals surface area contributed by atoms with E-state index in [0.29, 0.717) is 18.7 Å². The number of nitrogens with zero attached hydrogens (tertiary/aromatic N) is 1. The molecule has 0 aliphatic heterocycles. The second kappa shape index (κ2) is 13.4. The van der Waals surface area contributed by atoms with Crippen molar-refractivity contribution >= 4 is 27.7 Å². The van der Waals surface area contributed by atoms with Crippen molar-refractivity contribution in [2.24, 2.45) is 0 Å². The molecule has 0 radical (unpaired) electrons. The summed E-state index contributed by atoms with van der Waals surface area (Å²) in [7, 11) is 0. The van der Waals surface area contributed by atoms with E-state index in [2.05, 4.69) is 27.3 Å². The van der Waals surface area contributed by atoms with Gasteiger partial charge >= 0.3 is 0 Å². The molecule has 0 saturated heterocycles. The Balaban J connectivity index is 1.95. The van der Waals surface area contributed by atoms with Gasteiger partial charge in [0.15, 0.2) is 6.61 Å². The lowest BCUT2D eigenvalue weighted by molar-refractivity contribution is -0.143. The first kappa shape index (κ1) is 28.5. The summed E-state index contributed by atoms with van der Waals surface area (Å²) >= 11 is 3.53. The molecule has 3 rings (SSSR count). The molecule has 0 fully saturated rings. The van der Waals surface area contributed by atoms with Crippen molar-refractivity contribution in [3.63, 3.8) is 0 Å². The fourth-order valence-electron chi connectivity index (χ4n) is 4.20. The molecule has 0 aliphatic carbocycles. The van der Waals surface area contributed by atoms with E-state index in [0.717, 1.165) is 38.7 Å². The molecule has 6 heteroatoms. The zero-order valence-electron chi connectivity index (χ0n) is 22.4. The van der Waals surface area contributed by atoms with Crippen LogP contribution in [0, 0.1) is 20.8 Å². The first-order valence-corrected chi connectivity index (χ1v) is 13.6. The molecular weight excluding hydrogens is 528 g/mol. The monoisotopic (exact) mass is 564 g/mol. The molecule has 3 aromatic rings. The molecule has 0 aromatic heterocycles. The molecule has 2 amide bonds. The van der Waals surface area contributed by atoms with Crippen molar-refractivity contribution in [2.75, 3.05) is 6.61 Å². The minimum atomic E-state index is -0.688. The lowest BCUT2D eigenvalue weighted by Crippen LogP contribution is -2.53. The fraction of sp³-hybridized carbons (Fsp3) is 0.355. The number of rotatable bonds is 11. The Labute approximate surface area is 229 Å². The van der Waals surface area contributed by atoms with E-state index in [1.165, 1.54) is 0 Å². The number of halogens is 1. The van der Waals surface area contributed by atoms with Crippen molar-refractivity contribution in [1.82, 2.24) is 10.2 Å². The van der Waals surface area contributed by atoms with Gasteiger partial charge in [0.2, 0.25) is 5.91 Å². The average Bonchev–Trinajstić information content (AvgIpc) is 2.87. The molecule has 3 aromatic carbocycles. The van der Waals surface area contributed by atoms with E-state index >= 15 is 0 Å². The van der Waals surface area contributed by atoms with Crippen LogP contribution in [0.4, 0.5) is 0 Å². The molecule has 0 bridgehead atoms. The number of amides is 2. The van der Waals surface area contributed by atoms with Gasteiger partial charge in [-0.25, -0.2) is 0 Å². The summed E-state index contributed by atoms with van der Waals surface area (Å²) in [5, 5.41) is 3.10. The van der Waals surface area contributed by atoms with E-state index < -0.39 is 6.04 Å². The van der Waals surface area contributed by atoms with Gasteiger partial charge in [0.05, 0.1) is 0 Å². The third-order valence-electron chi connectivity index (χ3n) is 6.63. The molecule has 37 heavy (non-hydrogen) atoms. The van der Waals surface area contributed by atoms with Gasteiger partial charge in [-0.05, 0) is 80.1 Å². The summed E-state index contributed by atoms with van der Waals surface area (Å²) in [6.07, 6.45) is 1.21. The lowest BCUT2D eigenvalue weighted by Gasteiger charge is -2.32. The van der Waals surface area contributed by atoms with Gasteiger partial charge in [0.25, 0.3) is 5.91 Å². The Morgan fingerprint density at radius 2 is 1.68 bits per heavy atom. The van der Waals surface area contributed by atoms with E-state index in [4.69, 9.17) is 4.74 Å². The highest BCUT2D eigenvalue weighted by Gasteiger charge is 2.31. The van der Waals surface area contributed by atoms with Gasteiger partial charge < -0.3 is 15.0 Å². The smallest absolute Gasteiger partial charge is 0.261 e. The Morgan fingerprint density at radius 3 is 2.35 bits per heavy atom. The maximum atomic E-state index is 13.8. The van der Waals surface area contributed by atoms with Gasteiger partial charge in [0.1, 0.15) is 11.8 Å². The van der Waals surface area contributed by atoms with E-state index in [-0.39, 0.29) is 24.5 Å². The fourth-order valence-corrected chi connectivity index (χ4v) is 4.65. The molecule has 196 valence electrons. The highest BCUT2D eigenvalue weighted by Crippen LogP contribution is 2.24. The van der Waals surface area contributed by atoms with Crippen LogP contribution in [0.1, 0.15) is 48.1 Å². The van der Waals surface area contributed by atoms with Crippen LogP contribution >= 0.6 is 15.9 Å². The number of benzene rings is 3. The van der Waals surface area contributed by atoms with Gasteiger partial charge in [-0.3, -0.25) is 9.59 Å². The second-order valence-electron chi connectivity index (χ2n) is 9.67. The van der Waals surface area contributed by atoms with Crippen molar-refractivity contribution in [3.8, 4) is 5.75 Å². The maximum Gasteiger partial charge on any atom is 0.261 e. The van der Waals surface area contributed by atoms with Gasteiger partial charge in [-0.15, -0.1) is 0 Å². The van der Waals surface area contributed by atoms with Crippen molar-refractivity contribution in [1.29, 1.82) is 0 Å². The topological polar surface area (TPSA) is 58.6 Å². The molecule has 0 spiro atoms. The quantitative estimate of drug-likeness (QED) is 0.297. The van der Waals surface area contributed by atoms with Crippen molar-refractivity contribution in [3.05, 3.63) is 99.0 Å². The highest BCUT2D eigenvalue weighted by molar-refractivity contribution is 9.10. The Kier molecular flexibility index (Phi) is 10.3. The molecular formula is C31H37BrN2O3. The van der Waals surface area contributed by atoms with Crippen LogP contribution in [0.5, 0.6) is 5.75 Å². The SMILES string of the molecule is CC[C@H](C)NC(=O)[C@@H](Cc1ccccc1)N(Cc1cccc(Br)c1)C(=O)COc1cc(C)cc(C)c1C. The molecule has 1 N–H and O–H groups in total. The zero-order chi connectivity index (χ0) is 26.9. The third kappa shape index (κ3) is 8.19. The minimum Gasteiger partial charge on any atom is -0.483 e. The van der Waals surface area contributed by atoms with Gasteiger partial charge in [-0.2, -0.15) is 0 Å². The van der Waals surface area contributed by atoms with Crippen LogP contribution in [0.25, 0.3) is 0 Å². The molecule has 2 atom stereocenters. The van der Waals surface area contributed by atoms with Gasteiger partial charge in [0, 0.05) is 23.5 Å². The number of aryl methyl sites for hydroxylation is 2. The summed E-state index contributed by atoms with van der Waals surface area (Å²) in [6.45, 7) is 10.2. The van der Waals surface area contributed by atoms with E-state index in [1.807, 2.05) is 95.3 Å². The maximum absolute atomic E-state index is 13.8. The van der Waals surface area contributed by atoms with Crippen LogP contribution in [0.3, 0.4) is 0 Å². The average molecular weight is 566 g/mol.